The average Bonchev–Trinajstić information content (AvgIpc) is 3.16. The fourth-order valence-corrected chi connectivity index (χ4v) is 3.46. The molecular weight excluding hydrogens is 388 g/mol. The predicted molar refractivity (Wildman–Crippen MR) is 111 cm³/mol. The number of nitrogens with zero attached hydrogens (tertiary/aromatic N) is 1. The molecule has 2 heterocycles. The van der Waals surface area contributed by atoms with Gasteiger partial charge in [0.15, 0.2) is 11.5 Å². The molecule has 0 bridgehead atoms. The molecule has 1 aromatic carbocycles. The van der Waals surface area contributed by atoms with Crippen molar-refractivity contribution in [1.29, 1.82) is 0 Å². The number of piperidine rings is 1. The van der Waals surface area contributed by atoms with Crippen LogP contribution in [-0.4, -0.2) is 55.7 Å². The van der Waals surface area contributed by atoms with Crippen LogP contribution in [0.1, 0.15) is 33.1 Å². The van der Waals surface area contributed by atoms with Gasteiger partial charge < -0.3 is 20.1 Å². The number of carbonyl (C=O) groups is 3. The van der Waals surface area contributed by atoms with Crippen LogP contribution in [0.15, 0.2) is 18.2 Å². The zero-order valence-electron chi connectivity index (χ0n) is 17.5. The van der Waals surface area contributed by atoms with E-state index in [2.05, 4.69) is 29.8 Å². The summed E-state index contributed by atoms with van der Waals surface area (Å²) in [6, 6.07) is 4.86. The summed E-state index contributed by atoms with van der Waals surface area (Å²) in [4.78, 5) is 38.3. The lowest BCUT2D eigenvalue weighted by Crippen LogP contribution is -2.47. The monoisotopic (exact) mass is 418 g/mol. The summed E-state index contributed by atoms with van der Waals surface area (Å²) < 4.78 is 10.6. The Labute approximate surface area is 176 Å². The minimum Gasteiger partial charge on any atom is -0.454 e. The van der Waals surface area contributed by atoms with Gasteiger partial charge in [-0.25, -0.2) is 4.79 Å². The second kappa shape index (κ2) is 10.3. The molecule has 0 saturated carbocycles. The number of likely N-dealkylation sites (tertiary alicyclic amines) is 1. The van der Waals surface area contributed by atoms with E-state index in [1.54, 1.807) is 18.2 Å². The van der Waals surface area contributed by atoms with Gasteiger partial charge in [-0.1, -0.05) is 13.8 Å². The molecule has 2 aliphatic rings. The van der Waals surface area contributed by atoms with Crippen molar-refractivity contribution in [2.45, 2.75) is 33.1 Å². The summed E-state index contributed by atoms with van der Waals surface area (Å²) in [6.07, 6.45) is 2.18. The summed E-state index contributed by atoms with van der Waals surface area (Å²) in [7, 11) is 0. The van der Waals surface area contributed by atoms with Crippen LogP contribution < -0.4 is 25.4 Å². The van der Waals surface area contributed by atoms with E-state index in [1.807, 2.05) is 4.90 Å². The molecule has 2 aliphatic heterocycles. The molecular formula is C21H30N4O5. The van der Waals surface area contributed by atoms with E-state index in [1.165, 1.54) is 0 Å². The molecule has 0 atom stereocenters. The first-order valence-electron chi connectivity index (χ1n) is 10.4. The Morgan fingerprint density at radius 1 is 1.13 bits per heavy atom. The Hall–Kier alpha value is -2.81. The Kier molecular flexibility index (Phi) is 7.51. The number of fused-ring (bicyclic) bond motifs is 1. The number of nitrogens with one attached hydrogen (secondary N) is 3. The van der Waals surface area contributed by atoms with Crippen LogP contribution in [0, 0.1) is 11.8 Å². The van der Waals surface area contributed by atoms with Crippen molar-refractivity contribution in [3.05, 3.63) is 18.2 Å². The van der Waals surface area contributed by atoms with Crippen molar-refractivity contribution < 1.29 is 23.9 Å². The summed E-state index contributed by atoms with van der Waals surface area (Å²) >= 11 is 0. The summed E-state index contributed by atoms with van der Waals surface area (Å²) in [6.45, 7) is 6.28. The zero-order chi connectivity index (χ0) is 21.5. The highest BCUT2D eigenvalue weighted by molar-refractivity contribution is 5.95. The van der Waals surface area contributed by atoms with Gasteiger partial charge in [0, 0.05) is 24.2 Å². The Morgan fingerprint density at radius 3 is 2.60 bits per heavy atom. The van der Waals surface area contributed by atoms with Gasteiger partial charge in [0.1, 0.15) is 0 Å². The molecule has 0 spiro atoms. The second-order valence-corrected chi connectivity index (χ2v) is 8.09. The number of amides is 4. The summed E-state index contributed by atoms with van der Waals surface area (Å²) in [5.74, 6) is 1.30. The van der Waals surface area contributed by atoms with Crippen LogP contribution in [0.2, 0.25) is 0 Å². The first-order chi connectivity index (χ1) is 14.4. The topological polar surface area (TPSA) is 109 Å². The van der Waals surface area contributed by atoms with E-state index >= 15 is 0 Å². The van der Waals surface area contributed by atoms with Crippen molar-refractivity contribution in [1.82, 2.24) is 15.5 Å². The van der Waals surface area contributed by atoms with Gasteiger partial charge in [0.05, 0.1) is 6.54 Å². The fraction of sp³-hybridized carbons (Fsp3) is 0.571. The highest BCUT2D eigenvalue weighted by atomic mass is 16.7. The minimum absolute atomic E-state index is 0.0394. The molecule has 0 aromatic heterocycles. The largest absolute Gasteiger partial charge is 0.454 e. The zero-order valence-corrected chi connectivity index (χ0v) is 17.5. The third-order valence-electron chi connectivity index (χ3n) is 5.23. The number of rotatable bonds is 7. The molecule has 4 amide bonds. The van der Waals surface area contributed by atoms with Crippen LogP contribution in [0.5, 0.6) is 11.5 Å². The van der Waals surface area contributed by atoms with Crippen molar-refractivity contribution in [2.75, 3.05) is 38.3 Å². The van der Waals surface area contributed by atoms with Crippen molar-refractivity contribution in [3.63, 3.8) is 0 Å². The van der Waals surface area contributed by atoms with Gasteiger partial charge in [-0.2, -0.15) is 0 Å². The molecule has 9 heteroatoms. The Bertz CT molecular complexity index is 775. The molecule has 9 nitrogen and oxygen atoms in total. The number of anilines is 1. The van der Waals surface area contributed by atoms with E-state index in [9.17, 15) is 14.4 Å². The highest BCUT2D eigenvalue weighted by Gasteiger charge is 2.26. The maximum Gasteiger partial charge on any atom is 0.321 e. The van der Waals surface area contributed by atoms with E-state index < -0.39 is 6.03 Å². The van der Waals surface area contributed by atoms with Gasteiger partial charge in [-0.15, -0.1) is 0 Å². The van der Waals surface area contributed by atoms with E-state index in [-0.39, 0.29) is 31.1 Å². The quantitative estimate of drug-likeness (QED) is 0.624. The number of carbonyl (C=O) groups excluding carboxylic acids is 3. The number of hydrogen-bond acceptors (Lipinski definition) is 6. The Balaban J connectivity index is 1.36. The highest BCUT2D eigenvalue weighted by Crippen LogP contribution is 2.34. The van der Waals surface area contributed by atoms with Crippen molar-refractivity contribution >= 4 is 23.5 Å². The molecule has 0 aliphatic carbocycles. The van der Waals surface area contributed by atoms with Crippen molar-refractivity contribution in [2.24, 2.45) is 11.8 Å². The lowest BCUT2D eigenvalue weighted by Gasteiger charge is -2.30. The summed E-state index contributed by atoms with van der Waals surface area (Å²) in [5.41, 5.74) is 0.675. The fourth-order valence-electron chi connectivity index (χ4n) is 3.46. The third-order valence-corrected chi connectivity index (χ3v) is 5.23. The Morgan fingerprint density at radius 2 is 1.87 bits per heavy atom. The lowest BCUT2D eigenvalue weighted by atomic mass is 9.96. The molecule has 1 aromatic rings. The van der Waals surface area contributed by atoms with Crippen molar-refractivity contribution in [3.8, 4) is 11.5 Å². The first kappa shape index (κ1) is 21.9. The molecule has 3 N–H and O–H groups in total. The standard InChI is InChI=1S/C21H30N4O5/c1-14(2)5-8-22-21(28)24-19(26)12-25-9-6-15(7-10-25)20(27)23-16-3-4-17-18(11-16)30-13-29-17/h3-4,11,14-15H,5-10,12-13H2,1-2H3,(H,23,27)(H2,22,24,26,28). The van der Waals surface area contributed by atoms with Gasteiger partial charge in [-0.3, -0.25) is 19.8 Å². The SMILES string of the molecule is CC(C)CCNC(=O)NC(=O)CN1CCC(C(=O)Nc2ccc3c(c2)OCO3)CC1. The lowest BCUT2D eigenvalue weighted by molar-refractivity contribution is -0.122. The van der Waals surface area contributed by atoms with Crippen LogP contribution in [-0.2, 0) is 9.59 Å². The second-order valence-electron chi connectivity index (χ2n) is 8.09. The molecule has 3 rings (SSSR count). The van der Waals surface area contributed by atoms with E-state index in [4.69, 9.17) is 9.47 Å². The van der Waals surface area contributed by atoms with Crippen LogP contribution in [0.3, 0.4) is 0 Å². The number of benzene rings is 1. The maximum atomic E-state index is 12.6. The summed E-state index contributed by atoms with van der Waals surface area (Å²) in [5, 5.41) is 7.96. The smallest absolute Gasteiger partial charge is 0.321 e. The number of hydrogen-bond donors (Lipinski definition) is 3. The normalized spacial score (nSPS) is 16.4. The number of imide groups is 1. The third kappa shape index (κ3) is 6.35. The van der Waals surface area contributed by atoms with Gasteiger partial charge >= 0.3 is 6.03 Å². The maximum absolute atomic E-state index is 12.6. The molecule has 1 saturated heterocycles. The molecule has 164 valence electrons. The van der Waals surface area contributed by atoms with E-state index in [0.717, 1.165) is 6.42 Å². The number of ether oxygens (including phenoxy) is 2. The molecule has 0 radical (unpaired) electrons. The van der Waals surface area contributed by atoms with Gasteiger partial charge in [-0.05, 0) is 50.4 Å². The average molecular weight is 418 g/mol. The van der Waals surface area contributed by atoms with Crippen LogP contribution in [0.25, 0.3) is 0 Å². The molecule has 30 heavy (non-hydrogen) atoms. The van der Waals surface area contributed by atoms with Gasteiger partial charge in [0.25, 0.3) is 0 Å². The van der Waals surface area contributed by atoms with Gasteiger partial charge in [0.2, 0.25) is 18.6 Å². The first-order valence-corrected chi connectivity index (χ1v) is 10.4. The molecule has 1 fully saturated rings. The van der Waals surface area contributed by atoms with Crippen LogP contribution >= 0.6 is 0 Å². The predicted octanol–water partition coefficient (Wildman–Crippen LogP) is 1.94. The van der Waals surface area contributed by atoms with Crippen LogP contribution in [0.4, 0.5) is 10.5 Å². The van der Waals surface area contributed by atoms with E-state index in [0.29, 0.717) is 55.6 Å². The number of urea groups is 1. The molecule has 0 unspecified atom stereocenters. The minimum atomic E-state index is -0.460.